The number of rotatable bonds is 7. The molecule has 0 saturated carbocycles. The molecule has 2 N–H and O–H groups in total. The highest BCUT2D eigenvalue weighted by Crippen LogP contribution is 2.27. The molecular formula is C27H28F2N4O3. The molecule has 0 radical (unpaired) electrons. The van der Waals surface area contributed by atoms with Gasteiger partial charge in [0, 0.05) is 34.8 Å². The van der Waals surface area contributed by atoms with Gasteiger partial charge in [-0.15, -0.1) is 0 Å². The fraction of sp³-hybridized carbons (Fsp3) is 0.296. The lowest BCUT2D eigenvalue weighted by atomic mass is 10.0. The summed E-state index contributed by atoms with van der Waals surface area (Å²) in [4.78, 5) is 16.7. The molecule has 2 aromatic heterocycles. The Labute approximate surface area is 207 Å². The first-order valence-corrected chi connectivity index (χ1v) is 11.5. The van der Waals surface area contributed by atoms with E-state index >= 15 is 0 Å². The summed E-state index contributed by atoms with van der Waals surface area (Å²) in [6.07, 6.45) is 2.43. The zero-order valence-corrected chi connectivity index (χ0v) is 20.6. The molecule has 0 fully saturated rings. The van der Waals surface area contributed by atoms with E-state index in [4.69, 9.17) is 9.47 Å². The number of hydrogen-bond donors (Lipinski definition) is 2. The average Bonchev–Trinajstić information content (AvgIpc) is 3.19. The van der Waals surface area contributed by atoms with Crippen LogP contribution in [-0.2, 0) is 11.2 Å². The van der Waals surface area contributed by atoms with E-state index in [1.165, 1.54) is 18.2 Å². The molecule has 7 nitrogen and oxygen atoms in total. The number of nitrogens with one attached hydrogen (secondary N) is 2. The summed E-state index contributed by atoms with van der Waals surface area (Å²) < 4.78 is 39.8. The van der Waals surface area contributed by atoms with Crippen LogP contribution in [0.1, 0.15) is 32.0 Å². The van der Waals surface area contributed by atoms with E-state index in [9.17, 15) is 13.6 Å². The molecule has 4 rings (SSSR count). The summed E-state index contributed by atoms with van der Waals surface area (Å²) in [6, 6.07) is 10.6. The number of ether oxygens (including phenoxy) is 2. The zero-order valence-electron chi connectivity index (χ0n) is 20.6. The second kappa shape index (κ2) is 10.3. The van der Waals surface area contributed by atoms with Crippen LogP contribution < -0.4 is 10.1 Å². The molecule has 1 atom stereocenters. The molecular weight excluding hydrogens is 466 g/mol. The zero-order chi connectivity index (χ0) is 25.9. The van der Waals surface area contributed by atoms with E-state index in [0.717, 1.165) is 27.7 Å². The number of pyridine rings is 1. The van der Waals surface area contributed by atoms with E-state index in [1.807, 2.05) is 31.2 Å². The van der Waals surface area contributed by atoms with Gasteiger partial charge in [-0.2, -0.15) is 5.10 Å². The smallest absolute Gasteiger partial charge is 0.408 e. The number of aryl methyl sites for hydroxylation is 1. The van der Waals surface area contributed by atoms with Crippen molar-refractivity contribution in [3.63, 3.8) is 0 Å². The van der Waals surface area contributed by atoms with Crippen molar-refractivity contribution in [1.29, 1.82) is 0 Å². The Morgan fingerprint density at radius 1 is 1.08 bits per heavy atom. The quantitative estimate of drug-likeness (QED) is 0.343. The van der Waals surface area contributed by atoms with Crippen LogP contribution in [0.25, 0.3) is 22.0 Å². The topological polar surface area (TPSA) is 89.1 Å². The highest BCUT2D eigenvalue weighted by molar-refractivity contribution is 5.86. The lowest BCUT2D eigenvalue weighted by Gasteiger charge is -2.24. The van der Waals surface area contributed by atoms with Crippen molar-refractivity contribution in [2.45, 2.75) is 45.8 Å². The number of alkyl carbamates (subject to hydrolysis) is 1. The third-order valence-corrected chi connectivity index (χ3v) is 5.48. The third kappa shape index (κ3) is 6.16. The second-order valence-electron chi connectivity index (χ2n) is 9.55. The number of benzene rings is 2. The second-order valence-corrected chi connectivity index (χ2v) is 9.55. The van der Waals surface area contributed by atoms with Crippen LogP contribution >= 0.6 is 0 Å². The van der Waals surface area contributed by atoms with Gasteiger partial charge in [-0.1, -0.05) is 12.1 Å². The maximum atomic E-state index is 14.3. The number of fused-ring (bicyclic) bond motifs is 1. The van der Waals surface area contributed by atoms with Crippen LogP contribution in [-0.4, -0.2) is 39.5 Å². The number of halogens is 2. The molecule has 2 aromatic carbocycles. The first-order chi connectivity index (χ1) is 17.1. The molecule has 4 aromatic rings. The van der Waals surface area contributed by atoms with Gasteiger partial charge in [-0.25, -0.2) is 13.6 Å². The molecule has 36 heavy (non-hydrogen) atoms. The van der Waals surface area contributed by atoms with Gasteiger partial charge < -0.3 is 14.8 Å². The van der Waals surface area contributed by atoms with Gasteiger partial charge >= 0.3 is 6.09 Å². The van der Waals surface area contributed by atoms with Crippen molar-refractivity contribution in [1.82, 2.24) is 20.5 Å². The SMILES string of the molecule is Cc1[nH]nc2ccc(-c3cncc(OC[C@H](Cc4c(F)cccc4F)NC(=O)OC(C)(C)C)c3)cc12. The predicted octanol–water partition coefficient (Wildman–Crippen LogP) is 5.73. The van der Waals surface area contributed by atoms with Crippen molar-refractivity contribution >= 4 is 17.0 Å². The number of H-pyrrole nitrogens is 1. The molecule has 0 aliphatic rings. The molecule has 0 spiro atoms. The van der Waals surface area contributed by atoms with E-state index in [-0.39, 0.29) is 18.6 Å². The van der Waals surface area contributed by atoms with E-state index in [2.05, 4.69) is 20.5 Å². The lowest BCUT2D eigenvalue weighted by Crippen LogP contribution is -2.43. The van der Waals surface area contributed by atoms with Gasteiger partial charge in [0.15, 0.2) is 0 Å². The number of aromatic amines is 1. The van der Waals surface area contributed by atoms with E-state index in [0.29, 0.717) is 5.75 Å². The molecule has 2 heterocycles. The molecule has 188 valence electrons. The Balaban J connectivity index is 1.52. The number of aromatic nitrogens is 3. The monoisotopic (exact) mass is 494 g/mol. The van der Waals surface area contributed by atoms with Crippen LogP contribution in [0.3, 0.4) is 0 Å². The Bertz CT molecular complexity index is 1360. The van der Waals surface area contributed by atoms with Crippen molar-refractivity contribution in [2.75, 3.05) is 6.61 Å². The predicted molar refractivity (Wildman–Crippen MR) is 133 cm³/mol. The summed E-state index contributed by atoms with van der Waals surface area (Å²) in [7, 11) is 0. The van der Waals surface area contributed by atoms with Gasteiger partial charge in [0.2, 0.25) is 0 Å². The van der Waals surface area contributed by atoms with Crippen molar-refractivity contribution in [3.8, 4) is 16.9 Å². The lowest BCUT2D eigenvalue weighted by molar-refractivity contribution is 0.0487. The van der Waals surface area contributed by atoms with E-state index < -0.39 is 29.4 Å². The minimum atomic E-state index is -0.764. The van der Waals surface area contributed by atoms with Crippen LogP contribution in [0, 0.1) is 18.6 Å². The van der Waals surface area contributed by atoms with Gasteiger partial charge in [0.05, 0.1) is 17.8 Å². The molecule has 0 unspecified atom stereocenters. The minimum absolute atomic E-state index is 0.0575. The molecule has 1 amide bonds. The molecule has 0 saturated heterocycles. The van der Waals surface area contributed by atoms with E-state index in [1.54, 1.807) is 33.2 Å². The maximum absolute atomic E-state index is 14.3. The number of hydrogen-bond acceptors (Lipinski definition) is 5. The Hall–Kier alpha value is -4.01. The number of carbonyl (C=O) groups is 1. The van der Waals surface area contributed by atoms with Gasteiger partial charge in [0.1, 0.15) is 29.6 Å². The molecule has 0 aliphatic carbocycles. The molecule has 0 bridgehead atoms. The van der Waals surface area contributed by atoms with Gasteiger partial charge in [-0.3, -0.25) is 10.1 Å². The highest BCUT2D eigenvalue weighted by atomic mass is 19.1. The fourth-order valence-corrected chi connectivity index (χ4v) is 3.77. The fourth-order valence-electron chi connectivity index (χ4n) is 3.77. The largest absolute Gasteiger partial charge is 0.490 e. The normalized spacial score (nSPS) is 12.4. The maximum Gasteiger partial charge on any atom is 0.408 e. The van der Waals surface area contributed by atoms with Crippen LogP contribution in [0.5, 0.6) is 5.75 Å². The van der Waals surface area contributed by atoms with Gasteiger partial charge in [0.25, 0.3) is 0 Å². The van der Waals surface area contributed by atoms with Crippen molar-refractivity contribution in [2.24, 2.45) is 0 Å². The van der Waals surface area contributed by atoms with Gasteiger partial charge in [-0.05, 0) is 63.6 Å². The van der Waals surface area contributed by atoms with Crippen LogP contribution in [0.15, 0.2) is 54.9 Å². The van der Waals surface area contributed by atoms with Crippen molar-refractivity contribution < 1.29 is 23.0 Å². The number of carbonyl (C=O) groups excluding carboxylic acids is 1. The first kappa shape index (κ1) is 25.1. The Morgan fingerprint density at radius 2 is 1.83 bits per heavy atom. The number of amides is 1. The molecule has 0 aliphatic heterocycles. The summed E-state index contributed by atoms with van der Waals surface area (Å²) in [5.74, 6) is -0.944. The summed E-state index contributed by atoms with van der Waals surface area (Å²) in [5, 5.41) is 10.9. The summed E-state index contributed by atoms with van der Waals surface area (Å²) in [6.45, 7) is 7.08. The summed E-state index contributed by atoms with van der Waals surface area (Å²) >= 11 is 0. The Morgan fingerprint density at radius 3 is 2.56 bits per heavy atom. The van der Waals surface area contributed by atoms with Crippen molar-refractivity contribution in [3.05, 3.63) is 77.8 Å². The third-order valence-electron chi connectivity index (χ3n) is 5.48. The first-order valence-electron chi connectivity index (χ1n) is 11.5. The average molecular weight is 495 g/mol. The summed E-state index contributed by atoms with van der Waals surface area (Å²) in [5.41, 5.74) is 2.72. The highest BCUT2D eigenvalue weighted by Gasteiger charge is 2.23. The number of nitrogens with zero attached hydrogens (tertiary/aromatic N) is 2. The standard InChI is InChI=1S/C27H28F2N4O3/c1-16-21-11-17(8-9-25(21)33-32-16)18-10-20(14-30-13-18)35-15-19(31-26(34)36-27(2,3)4)12-22-23(28)6-5-7-24(22)29/h5-11,13-14,19H,12,15H2,1-4H3,(H,31,34)(H,32,33)/t19-/m0/s1. The van der Waals surface area contributed by atoms with Crippen LogP contribution in [0.4, 0.5) is 13.6 Å². The minimum Gasteiger partial charge on any atom is -0.490 e. The molecule has 9 heteroatoms. The Kier molecular flexibility index (Phi) is 7.19. The van der Waals surface area contributed by atoms with Crippen LogP contribution in [0.2, 0.25) is 0 Å².